The lowest BCUT2D eigenvalue weighted by Gasteiger charge is -2.18. The molecule has 4 aromatic rings. The van der Waals surface area contributed by atoms with E-state index in [9.17, 15) is 4.79 Å². The molecule has 3 heterocycles. The van der Waals surface area contributed by atoms with Gasteiger partial charge in [-0.2, -0.15) is 0 Å². The number of imidazole rings is 1. The molecule has 0 fully saturated rings. The van der Waals surface area contributed by atoms with Crippen molar-refractivity contribution in [3.63, 3.8) is 0 Å². The predicted octanol–water partition coefficient (Wildman–Crippen LogP) is 3.84. The Labute approximate surface area is 171 Å². The molecule has 0 aliphatic rings. The smallest absolute Gasteiger partial charge is 0.295 e. The van der Waals surface area contributed by atoms with Crippen molar-refractivity contribution < 1.29 is 18.7 Å². The van der Waals surface area contributed by atoms with Crippen LogP contribution in [0.2, 0.25) is 0 Å². The van der Waals surface area contributed by atoms with E-state index in [1.807, 2.05) is 22.9 Å². The van der Waals surface area contributed by atoms with Crippen molar-refractivity contribution in [2.45, 2.75) is 13.0 Å². The minimum absolute atomic E-state index is 0.238. The average Bonchev–Trinajstić information content (AvgIpc) is 3.51. The molecule has 3 aromatic heterocycles. The van der Waals surface area contributed by atoms with Crippen LogP contribution in [-0.4, -0.2) is 41.2 Å². The van der Waals surface area contributed by atoms with Gasteiger partial charge in [0.1, 0.15) is 21.7 Å². The molecule has 29 heavy (non-hydrogen) atoms. The van der Waals surface area contributed by atoms with Gasteiger partial charge in [-0.15, -0.1) is 0 Å². The highest BCUT2D eigenvalue weighted by Gasteiger charge is 2.25. The first-order chi connectivity index (χ1) is 14.2. The molecule has 0 spiro atoms. The summed E-state index contributed by atoms with van der Waals surface area (Å²) in [5.41, 5.74) is 0.665. The minimum Gasteiger partial charge on any atom is -0.495 e. The number of aromatic nitrogens is 3. The lowest BCUT2D eigenvalue weighted by molar-refractivity contribution is 0.0959. The molecule has 4 rings (SSSR count). The first-order valence-corrected chi connectivity index (χ1v) is 9.85. The second-order valence-electron chi connectivity index (χ2n) is 6.23. The van der Waals surface area contributed by atoms with Crippen molar-refractivity contribution in [3.05, 3.63) is 55.0 Å². The number of thiazole rings is 1. The minimum atomic E-state index is -0.238. The number of rotatable bonds is 8. The number of nitrogens with zero attached hydrogens (tertiary/aromatic N) is 4. The number of carbonyl (C=O) groups excluding carboxylic acids is 1. The highest BCUT2D eigenvalue weighted by atomic mass is 32.1. The Morgan fingerprint density at radius 3 is 2.76 bits per heavy atom. The van der Waals surface area contributed by atoms with Crippen molar-refractivity contribution in [2.24, 2.45) is 0 Å². The summed E-state index contributed by atoms with van der Waals surface area (Å²) in [7, 11) is 3.20. The second-order valence-corrected chi connectivity index (χ2v) is 7.21. The predicted molar refractivity (Wildman–Crippen MR) is 110 cm³/mol. The topological polar surface area (TPSA) is 82.6 Å². The maximum atomic E-state index is 13.1. The maximum absolute atomic E-state index is 13.1. The fraction of sp³-hybridized carbons (Fsp3) is 0.250. The molecule has 1 amide bonds. The van der Waals surface area contributed by atoms with Crippen molar-refractivity contribution in [2.75, 3.05) is 25.7 Å². The van der Waals surface area contributed by atoms with Crippen molar-refractivity contribution in [3.8, 4) is 11.5 Å². The number of fused-ring (bicyclic) bond motifs is 1. The number of ether oxygens (including phenoxy) is 2. The van der Waals surface area contributed by atoms with E-state index in [1.54, 1.807) is 43.8 Å². The van der Waals surface area contributed by atoms with Crippen LogP contribution in [0, 0.1) is 0 Å². The Balaban J connectivity index is 1.68. The Morgan fingerprint density at radius 2 is 2.07 bits per heavy atom. The van der Waals surface area contributed by atoms with Gasteiger partial charge in [-0.25, -0.2) is 9.97 Å². The zero-order valence-corrected chi connectivity index (χ0v) is 16.9. The average molecular weight is 412 g/mol. The van der Waals surface area contributed by atoms with E-state index in [1.165, 1.54) is 17.6 Å². The van der Waals surface area contributed by atoms with Gasteiger partial charge in [0.05, 0.1) is 26.8 Å². The summed E-state index contributed by atoms with van der Waals surface area (Å²) in [5.74, 6) is 1.35. The molecule has 0 aliphatic carbocycles. The summed E-state index contributed by atoms with van der Waals surface area (Å²) in [5, 5.41) is 0.565. The molecule has 150 valence electrons. The third-order valence-corrected chi connectivity index (χ3v) is 5.56. The van der Waals surface area contributed by atoms with E-state index in [0.29, 0.717) is 28.7 Å². The van der Waals surface area contributed by atoms with E-state index in [2.05, 4.69) is 4.98 Å². The van der Waals surface area contributed by atoms with Crippen LogP contribution >= 0.6 is 11.3 Å². The summed E-state index contributed by atoms with van der Waals surface area (Å²) >= 11 is 1.39. The number of hydrogen-bond donors (Lipinski definition) is 0. The fourth-order valence-corrected chi connectivity index (χ4v) is 4.14. The molecule has 0 aliphatic heterocycles. The van der Waals surface area contributed by atoms with Crippen LogP contribution in [0.4, 0.5) is 5.13 Å². The second kappa shape index (κ2) is 8.36. The maximum Gasteiger partial charge on any atom is 0.295 e. The highest BCUT2D eigenvalue weighted by molar-refractivity contribution is 7.22. The molecule has 9 heteroatoms. The van der Waals surface area contributed by atoms with Gasteiger partial charge in [0.25, 0.3) is 5.91 Å². The third kappa shape index (κ3) is 3.81. The monoisotopic (exact) mass is 412 g/mol. The fourth-order valence-electron chi connectivity index (χ4n) is 3.04. The van der Waals surface area contributed by atoms with Crippen LogP contribution in [-0.2, 0) is 6.54 Å². The standard InChI is InChI=1S/C20H20N4O4S/c1-26-14-6-7-15(27-2)18-17(14)22-20(29-18)24(19(25)16-5-3-12-28-16)10-4-9-23-11-8-21-13-23/h3,5-8,11-13H,4,9-10H2,1-2H3. The molecular weight excluding hydrogens is 392 g/mol. The van der Waals surface area contributed by atoms with Crippen LogP contribution in [0.5, 0.6) is 11.5 Å². The van der Waals surface area contributed by atoms with Crippen LogP contribution < -0.4 is 14.4 Å². The number of furan rings is 1. The number of hydrogen-bond acceptors (Lipinski definition) is 7. The van der Waals surface area contributed by atoms with Crippen molar-refractivity contribution >= 4 is 32.6 Å². The van der Waals surface area contributed by atoms with E-state index < -0.39 is 0 Å². The number of carbonyl (C=O) groups is 1. The summed E-state index contributed by atoms with van der Waals surface area (Å²) in [4.78, 5) is 23.5. The molecule has 0 radical (unpaired) electrons. The van der Waals surface area contributed by atoms with Gasteiger partial charge in [0, 0.05) is 25.5 Å². The van der Waals surface area contributed by atoms with Crippen LogP contribution in [0.1, 0.15) is 17.0 Å². The van der Waals surface area contributed by atoms with E-state index >= 15 is 0 Å². The first-order valence-electron chi connectivity index (χ1n) is 9.04. The molecule has 0 bridgehead atoms. The zero-order chi connectivity index (χ0) is 20.2. The lowest BCUT2D eigenvalue weighted by Crippen LogP contribution is -2.32. The number of amides is 1. The van der Waals surface area contributed by atoms with Crippen molar-refractivity contribution in [1.82, 2.24) is 14.5 Å². The summed E-state index contributed by atoms with van der Waals surface area (Å²) < 4.78 is 19.0. The van der Waals surface area contributed by atoms with Gasteiger partial charge < -0.3 is 18.5 Å². The Kier molecular flexibility index (Phi) is 5.48. The SMILES string of the molecule is COc1ccc(OC)c2sc(N(CCCn3ccnc3)C(=O)c3ccco3)nc12. The number of anilines is 1. The van der Waals surface area contributed by atoms with Gasteiger partial charge in [-0.1, -0.05) is 11.3 Å². The Hall–Kier alpha value is -3.33. The van der Waals surface area contributed by atoms with Gasteiger partial charge in [-0.05, 0) is 30.7 Å². The summed E-state index contributed by atoms with van der Waals surface area (Å²) in [6.45, 7) is 1.21. The van der Waals surface area contributed by atoms with Gasteiger partial charge in [0.15, 0.2) is 10.9 Å². The Morgan fingerprint density at radius 1 is 1.24 bits per heavy atom. The molecule has 1 aromatic carbocycles. The molecular formula is C20H20N4O4S. The Bertz CT molecular complexity index is 1050. The quantitative estimate of drug-likeness (QED) is 0.437. The molecule has 0 N–H and O–H groups in total. The van der Waals surface area contributed by atoms with Gasteiger partial charge >= 0.3 is 0 Å². The molecule has 0 saturated carbocycles. The number of aryl methyl sites for hydroxylation is 1. The van der Waals surface area contributed by atoms with Crippen LogP contribution in [0.15, 0.2) is 53.7 Å². The van der Waals surface area contributed by atoms with E-state index in [-0.39, 0.29) is 11.7 Å². The van der Waals surface area contributed by atoms with Gasteiger partial charge in [-0.3, -0.25) is 9.69 Å². The molecule has 0 unspecified atom stereocenters. The van der Waals surface area contributed by atoms with E-state index in [0.717, 1.165) is 17.7 Å². The normalized spacial score (nSPS) is 11.0. The molecule has 0 atom stereocenters. The number of methoxy groups -OCH3 is 2. The first kappa shape index (κ1) is 19.0. The van der Waals surface area contributed by atoms with Crippen LogP contribution in [0.3, 0.4) is 0 Å². The van der Waals surface area contributed by atoms with E-state index in [4.69, 9.17) is 18.9 Å². The lowest BCUT2D eigenvalue weighted by atomic mass is 10.3. The zero-order valence-electron chi connectivity index (χ0n) is 16.1. The molecule has 0 saturated heterocycles. The van der Waals surface area contributed by atoms with Gasteiger partial charge in [0.2, 0.25) is 0 Å². The largest absolute Gasteiger partial charge is 0.495 e. The summed E-state index contributed by atoms with van der Waals surface area (Å²) in [6.07, 6.45) is 7.60. The highest BCUT2D eigenvalue weighted by Crippen LogP contribution is 2.40. The van der Waals surface area contributed by atoms with Crippen LogP contribution in [0.25, 0.3) is 10.2 Å². The third-order valence-electron chi connectivity index (χ3n) is 4.46. The summed E-state index contributed by atoms with van der Waals surface area (Å²) in [6, 6.07) is 6.99. The number of benzene rings is 1. The molecule has 8 nitrogen and oxygen atoms in total. The van der Waals surface area contributed by atoms with Crippen molar-refractivity contribution in [1.29, 1.82) is 0 Å².